The third-order valence-corrected chi connectivity index (χ3v) is 4.69. The Morgan fingerprint density at radius 1 is 1.17 bits per heavy atom. The van der Waals surface area contributed by atoms with Crippen LogP contribution in [0.15, 0.2) is 36.5 Å². The van der Waals surface area contributed by atoms with Crippen molar-refractivity contribution in [2.45, 2.75) is 38.1 Å². The molecule has 1 saturated carbocycles. The van der Waals surface area contributed by atoms with E-state index in [-0.39, 0.29) is 0 Å². The molecule has 2 heterocycles. The molecule has 1 aliphatic rings. The minimum absolute atomic E-state index is 0.477. The van der Waals surface area contributed by atoms with Crippen molar-refractivity contribution in [2.24, 2.45) is 0 Å². The highest BCUT2D eigenvalue weighted by atomic mass is 15.1. The number of H-pyrrole nitrogens is 1. The van der Waals surface area contributed by atoms with Gasteiger partial charge in [-0.3, -0.25) is 5.10 Å². The standard InChI is InChI=1S/C19H19N5/c20-12-13-5-4-6-14(11-13)18-17-16(23-24-18)9-10-21-19(17)22-15-7-2-1-3-8-15/h4-6,9-11,15H,1-3,7-8H2,(H,21,22)(H,23,24). The minimum Gasteiger partial charge on any atom is -0.367 e. The summed E-state index contributed by atoms with van der Waals surface area (Å²) in [4.78, 5) is 4.57. The van der Waals surface area contributed by atoms with E-state index in [4.69, 9.17) is 5.26 Å². The van der Waals surface area contributed by atoms with Crippen molar-refractivity contribution in [3.8, 4) is 17.3 Å². The van der Waals surface area contributed by atoms with E-state index < -0.39 is 0 Å². The molecule has 0 aliphatic heterocycles. The number of rotatable bonds is 3. The van der Waals surface area contributed by atoms with Crippen molar-refractivity contribution < 1.29 is 0 Å². The van der Waals surface area contributed by atoms with Gasteiger partial charge in [0, 0.05) is 17.8 Å². The second-order valence-corrected chi connectivity index (χ2v) is 6.33. The summed E-state index contributed by atoms with van der Waals surface area (Å²) in [5.41, 5.74) is 3.36. The Bertz CT molecular complexity index is 900. The zero-order valence-corrected chi connectivity index (χ0v) is 13.4. The Kier molecular flexibility index (Phi) is 3.87. The number of nitrogens with zero attached hydrogens (tertiary/aromatic N) is 3. The topological polar surface area (TPSA) is 77.4 Å². The zero-order valence-electron chi connectivity index (χ0n) is 13.4. The molecule has 0 atom stereocenters. The van der Waals surface area contributed by atoms with E-state index in [2.05, 4.69) is 26.6 Å². The Labute approximate surface area is 140 Å². The van der Waals surface area contributed by atoms with Gasteiger partial charge in [0.25, 0.3) is 0 Å². The molecule has 0 amide bonds. The molecule has 120 valence electrons. The van der Waals surface area contributed by atoms with Gasteiger partial charge in [-0.1, -0.05) is 31.4 Å². The fourth-order valence-electron chi connectivity index (χ4n) is 3.46. The Morgan fingerprint density at radius 3 is 2.88 bits per heavy atom. The number of hydrogen-bond acceptors (Lipinski definition) is 4. The summed E-state index contributed by atoms with van der Waals surface area (Å²) in [5.74, 6) is 0.880. The van der Waals surface area contributed by atoms with Gasteiger partial charge in [-0.15, -0.1) is 0 Å². The van der Waals surface area contributed by atoms with Crippen LogP contribution in [0.25, 0.3) is 22.2 Å². The molecule has 4 rings (SSSR count). The third kappa shape index (κ3) is 2.71. The summed E-state index contributed by atoms with van der Waals surface area (Å²) in [6.45, 7) is 0. The van der Waals surface area contributed by atoms with E-state index in [1.165, 1.54) is 32.1 Å². The first-order valence-electron chi connectivity index (χ1n) is 8.45. The van der Waals surface area contributed by atoms with Crippen LogP contribution in [0, 0.1) is 11.3 Å². The molecule has 0 radical (unpaired) electrons. The highest BCUT2D eigenvalue weighted by Gasteiger charge is 2.18. The molecule has 0 spiro atoms. The predicted octanol–water partition coefficient (Wildman–Crippen LogP) is 4.24. The molecule has 5 heteroatoms. The number of nitriles is 1. The van der Waals surface area contributed by atoms with E-state index >= 15 is 0 Å². The summed E-state index contributed by atoms with van der Waals surface area (Å²) >= 11 is 0. The number of fused-ring (bicyclic) bond motifs is 1. The molecular weight excluding hydrogens is 298 g/mol. The summed E-state index contributed by atoms with van der Waals surface area (Å²) in [6, 6.07) is 12.1. The van der Waals surface area contributed by atoms with E-state index in [0.29, 0.717) is 11.6 Å². The average molecular weight is 317 g/mol. The van der Waals surface area contributed by atoms with Crippen molar-refractivity contribution in [1.29, 1.82) is 5.26 Å². The van der Waals surface area contributed by atoms with E-state index in [9.17, 15) is 0 Å². The maximum Gasteiger partial charge on any atom is 0.137 e. The number of anilines is 1. The van der Waals surface area contributed by atoms with Crippen LogP contribution in [-0.2, 0) is 0 Å². The highest BCUT2D eigenvalue weighted by Crippen LogP contribution is 2.32. The van der Waals surface area contributed by atoms with Crippen molar-refractivity contribution in [1.82, 2.24) is 15.2 Å². The van der Waals surface area contributed by atoms with Gasteiger partial charge >= 0.3 is 0 Å². The van der Waals surface area contributed by atoms with Gasteiger partial charge in [0.15, 0.2) is 0 Å². The first kappa shape index (κ1) is 14.7. The number of benzene rings is 1. The van der Waals surface area contributed by atoms with Crippen molar-refractivity contribution in [3.63, 3.8) is 0 Å². The summed E-state index contributed by atoms with van der Waals surface area (Å²) in [6.07, 6.45) is 8.06. The Hall–Kier alpha value is -2.87. The van der Waals surface area contributed by atoms with Gasteiger partial charge in [-0.25, -0.2) is 4.98 Å². The van der Waals surface area contributed by atoms with Crippen LogP contribution in [0.4, 0.5) is 5.82 Å². The van der Waals surface area contributed by atoms with Crippen molar-refractivity contribution in [2.75, 3.05) is 5.32 Å². The number of pyridine rings is 1. The van der Waals surface area contributed by atoms with Crippen LogP contribution in [-0.4, -0.2) is 21.2 Å². The molecule has 2 aromatic heterocycles. The summed E-state index contributed by atoms with van der Waals surface area (Å²) < 4.78 is 0. The summed E-state index contributed by atoms with van der Waals surface area (Å²) in [5, 5.41) is 21.3. The second kappa shape index (κ2) is 6.32. The largest absolute Gasteiger partial charge is 0.367 e. The van der Waals surface area contributed by atoms with Crippen LogP contribution in [0.1, 0.15) is 37.7 Å². The van der Waals surface area contributed by atoms with Gasteiger partial charge in [0.05, 0.1) is 22.5 Å². The predicted molar refractivity (Wildman–Crippen MR) is 94.5 cm³/mol. The number of nitrogens with one attached hydrogen (secondary N) is 2. The quantitative estimate of drug-likeness (QED) is 0.757. The zero-order chi connectivity index (χ0) is 16.4. The third-order valence-electron chi connectivity index (χ3n) is 4.69. The lowest BCUT2D eigenvalue weighted by Gasteiger charge is -2.23. The lowest BCUT2D eigenvalue weighted by Crippen LogP contribution is -2.22. The molecule has 0 saturated heterocycles. The molecular formula is C19H19N5. The van der Waals surface area contributed by atoms with Gasteiger partial charge in [-0.2, -0.15) is 10.4 Å². The van der Waals surface area contributed by atoms with Crippen molar-refractivity contribution in [3.05, 3.63) is 42.1 Å². The van der Waals surface area contributed by atoms with Crippen LogP contribution in [0.2, 0.25) is 0 Å². The van der Waals surface area contributed by atoms with E-state index in [1.54, 1.807) is 12.3 Å². The average Bonchev–Trinajstić information content (AvgIpc) is 3.08. The molecule has 1 fully saturated rings. The van der Waals surface area contributed by atoms with Crippen LogP contribution in [0.3, 0.4) is 0 Å². The van der Waals surface area contributed by atoms with Crippen molar-refractivity contribution >= 4 is 16.7 Å². The SMILES string of the molecule is N#Cc1cccc(-c2n[nH]c3ccnc(NC4CCCCC4)c23)c1. The summed E-state index contributed by atoms with van der Waals surface area (Å²) in [7, 11) is 0. The molecule has 2 N–H and O–H groups in total. The maximum absolute atomic E-state index is 9.14. The fraction of sp³-hybridized carbons (Fsp3) is 0.316. The molecule has 0 unspecified atom stereocenters. The number of aromatic amines is 1. The minimum atomic E-state index is 0.477. The molecule has 1 aliphatic carbocycles. The monoisotopic (exact) mass is 317 g/mol. The molecule has 3 aromatic rings. The Balaban J connectivity index is 1.77. The molecule has 24 heavy (non-hydrogen) atoms. The lowest BCUT2D eigenvalue weighted by atomic mass is 9.95. The highest BCUT2D eigenvalue weighted by molar-refractivity contribution is 6.00. The first-order valence-corrected chi connectivity index (χ1v) is 8.45. The van der Waals surface area contributed by atoms with E-state index in [1.807, 2.05) is 24.3 Å². The van der Waals surface area contributed by atoms with E-state index in [0.717, 1.165) is 28.0 Å². The molecule has 5 nitrogen and oxygen atoms in total. The van der Waals surface area contributed by atoms with Crippen LogP contribution < -0.4 is 5.32 Å². The lowest BCUT2D eigenvalue weighted by molar-refractivity contribution is 0.462. The van der Waals surface area contributed by atoms with Gasteiger partial charge < -0.3 is 5.32 Å². The number of aromatic nitrogens is 3. The second-order valence-electron chi connectivity index (χ2n) is 6.33. The maximum atomic E-state index is 9.14. The molecule has 1 aromatic carbocycles. The van der Waals surface area contributed by atoms with Crippen LogP contribution in [0.5, 0.6) is 0 Å². The van der Waals surface area contributed by atoms with Crippen LogP contribution >= 0.6 is 0 Å². The Morgan fingerprint density at radius 2 is 2.04 bits per heavy atom. The van der Waals surface area contributed by atoms with Gasteiger partial charge in [0.2, 0.25) is 0 Å². The fourth-order valence-corrected chi connectivity index (χ4v) is 3.46. The first-order chi connectivity index (χ1) is 11.8. The normalized spacial score (nSPS) is 15.3. The van der Waals surface area contributed by atoms with Gasteiger partial charge in [0.1, 0.15) is 11.5 Å². The molecule has 0 bridgehead atoms. The van der Waals surface area contributed by atoms with Gasteiger partial charge in [-0.05, 0) is 31.0 Å². The smallest absolute Gasteiger partial charge is 0.137 e. The number of hydrogen-bond donors (Lipinski definition) is 2.